The van der Waals surface area contributed by atoms with Gasteiger partial charge in [-0.1, -0.05) is 54.6 Å². The number of H-pyrrole nitrogens is 1. The Morgan fingerprint density at radius 3 is 2.70 bits per heavy atom. The first kappa shape index (κ1) is 16.2. The molecule has 1 heterocycles. The number of hydrogen-bond donors (Lipinski definition) is 3. The maximum atomic E-state index is 10.4. The van der Waals surface area contributed by atoms with Gasteiger partial charge in [0.05, 0.1) is 29.5 Å². The van der Waals surface area contributed by atoms with Crippen molar-refractivity contribution < 1.29 is 5.11 Å². The number of imidazole rings is 1. The van der Waals surface area contributed by atoms with Crippen LogP contribution in [0.2, 0.25) is 0 Å². The minimum atomic E-state index is -0.359. The van der Waals surface area contributed by atoms with E-state index in [1.807, 2.05) is 18.2 Å². The van der Waals surface area contributed by atoms with E-state index in [4.69, 9.17) is 0 Å². The number of aromatic nitrogens is 2. The van der Waals surface area contributed by atoms with Crippen molar-refractivity contribution >= 4 is 11.0 Å². The van der Waals surface area contributed by atoms with Crippen molar-refractivity contribution in [3.05, 3.63) is 89.7 Å². The van der Waals surface area contributed by atoms with E-state index in [9.17, 15) is 5.11 Å². The molecule has 0 amide bonds. The zero-order valence-corrected chi connectivity index (χ0v) is 14.9. The molecule has 27 heavy (non-hydrogen) atoms. The Bertz CT molecular complexity index is 1080. The summed E-state index contributed by atoms with van der Waals surface area (Å²) < 4.78 is 0. The van der Waals surface area contributed by atoms with Crippen LogP contribution < -0.4 is 5.32 Å². The molecule has 1 aromatic heterocycles. The largest absolute Gasteiger partial charge is 0.391 e. The molecule has 4 nitrogen and oxygen atoms in total. The van der Waals surface area contributed by atoms with Crippen LogP contribution in [0.3, 0.4) is 0 Å². The van der Waals surface area contributed by atoms with Crippen LogP contribution >= 0.6 is 0 Å². The zero-order valence-electron chi connectivity index (χ0n) is 14.9. The molecule has 0 unspecified atom stereocenters. The van der Waals surface area contributed by atoms with Gasteiger partial charge in [0.2, 0.25) is 0 Å². The van der Waals surface area contributed by atoms with Crippen LogP contribution in [0.4, 0.5) is 0 Å². The average molecular weight is 355 g/mol. The lowest BCUT2D eigenvalue weighted by molar-refractivity contribution is 0.140. The fourth-order valence-electron chi connectivity index (χ4n) is 3.98. The lowest BCUT2D eigenvalue weighted by Crippen LogP contribution is -2.28. The Labute approximate surface area is 157 Å². The van der Waals surface area contributed by atoms with Crippen molar-refractivity contribution in [1.29, 1.82) is 0 Å². The topological polar surface area (TPSA) is 60.9 Å². The Morgan fingerprint density at radius 1 is 1.00 bits per heavy atom. The van der Waals surface area contributed by atoms with Gasteiger partial charge >= 0.3 is 0 Å². The van der Waals surface area contributed by atoms with Gasteiger partial charge in [-0.3, -0.25) is 0 Å². The third-order valence-electron chi connectivity index (χ3n) is 5.44. The van der Waals surface area contributed by atoms with Crippen molar-refractivity contribution in [2.75, 3.05) is 0 Å². The van der Waals surface area contributed by atoms with Crippen LogP contribution in [0.15, 0.2) is 73.1 Å². The van der Waals surface area contributed by atoms with Gasteiger partial charge in [-0.05, 0) is 39.9 Å². The number of nitrogens with one attached hydrogen (secondary N) is 2. The van der Waals surface area contributed by atoms with Gasteiger partial charge < -0.3 is 15.4 Å². The Hall–Kier alpha value is -2.95. The number of hydrogen-bond acceptors (Lipinski definition) is 3. The SMILES string of the molecule is O[C@@H]1Cc2ccccc2[C@@H]1NCc1ccc(-c2ccc3nc[nH]c3c2)cc1. The van der Waals surface area contributed by atoms with Crippen molar-refractivity contribution in [3.63, 3.8) is 0 Å². The summed E-state index contributed by atoms with van der Waals surface area (Å²) in [5.41, 5.74) is 8.05. The second-order valence-electron chi connectivity index (χ2n) is 7.16. The summed E-state index contributed by atoms with van der Waals surface area (Å²) in [4.78, 5) is 7.43. The molecule has 0 radical (unpaired) electrons. The lowest BCUT2D eigenvalue weighted by atomic mass is 10.0. The minimum Gasteiger partial charge on any atom is -0.391 e. The fraction of sp³-hybridized carbons (Fsp3) is 0.174. The van der Waals surface area contributed by atoms with E-state index < -0.39 is 0 Å². The van der Waals surface area contributed by atoms with Gasteiger partial charge in [-0.2, -0.15) is 0 Å². The first-order valence-corrected chi connectivity index (χ1v) is 9.30. The van der Waals surface area contributed by atoms with Gasteiger partial charge in [0, 0.05) is 13.0 Å². The van der Waals surface area contributed by atoms with Crippen molar-refractivity contribution in [3.8, 4) is 11.1 Å². The molecule has 1 aliphatic rings. The average Bonchev–Trinajstić information content (AvgIpc) is 3.29. The zero-order chi connectivity index (χ0) is 18.2. The summed E-state index contributed by atoms with van der Waals surface area (Å²) >= 11 is 0. The summed E-state index contributed by atoms with van der Waals surface area (Å²) in [6.07, 6.45) is 2.09. The molecule has 4 aromatic rings. The summed E-state index contributed by atoms with van der Waals surface area (Å²) in [5.74, 6) is 0. The van der Waals surface area contributed by atoms with Crippen LogP contribution in [0.1, 0.15) is 22.7 Å². The Morgan fingerprint density at radius 2 is 1.81 bits per heavy atom. The molecule has 0 spiro atoms. The molecule has 2 atom stereocenters. The van der Waals surface area contributed by atoms with E-state index in [0.29, 0.717) is 0 Å². The second kappa shape index (κ2) is 6.65. The summed E-state index contributed by atoms with van der Waals surface area (Å²) in [6.45, 7) is 0.732. The highest BCUT2D eigenvalue weighted by molar-refractivity contribution is 5.81. The maximum Gasteiger partial charge on any atom is 0.0931 e. The van der Waals surface area contributed by atoms with Crippen molar-refractivity contribution in [2.24, 2.45) is 0 Å². The van der Waals surface area contributed by atoms with Gasteiger partial charge in [-0.25, -0.2) is 4.98 Å². The quantitative estimate of drug-likeness (QED) is 0.519. The minimum absolute atomic E-state index is 0.00339. The molecule has 0 saturated heterocycles. The number of fused-ring (bicyclic) bond motifs is 2. The molecule has 0 bridgehead atoms. The van der Waals surface area contributed by atoms with Gasteiger partial charge in [0.15, 0.2) is 0 Å². The Balaban J connectivity index is 1.31. The maximum absolute atomic E-state index is 10.4. The Kier molecular flexibility index (Phi) is 4.00. The smallest absolute Gasteiger partial charge is 0.0931 e. The first-order chi connectivity index (χ1) is 13.3. The lowest BCUT2D eigenvalue weighted by Gasteiger charge is -2.18. The first-order valence-electron chi connectivity index (χ1n) is 9.30. The molecule has 1 aliphatic carbocycles. The monoisotopic (exact) mass is 355 g/mol. The number of nitrogens with zero attached hydrogens (tertiary/aromatic N) is 1. The van der Waals surface area contributed by atoms with E-state index in [0.717, 1.165) is 24.0 Å². The highest BCUT2D eigenvalue weighted by atomic mass is 16.3. The highest BCUT2D eigenvalue weighted by Gasteiger charge is 2.29. The van der Waals surface area contributed by atoms with Crippen molar-refractivity contribution in [2.45, 2.75) is 25.1 Å². The van der Waals surface area contributed by atoms with Crippen LogP contribution in [0, 0.1) is 0 Å². The van der Waals surface area contributed by atoms with E-state index in [-0.39, 0.29) is 12.1 Å². The molecular weight excluding hydrogens is 334 g/mol. The predicted molar refractivity (Wildman–Crippen MR) is 107 cm³/mol. The van der Waals surface area contributed by atoms with Crippen molar-refractivity contribution in [1.82, 2.24) is 15.3 Å². The molecule has 4 heteroatoms. The predicted octanol–water partition coefficient (Wildman–Crippen LogP) is 3.98. The van der Waals surface area contributed by atoms with Crippen LogP contribution in [0.25, 0.3) is 22.2 Å². The molecule has 0 fully saturated rings. The van der Waals surface area contributed by atoms with E-state index >= 15 is 0 Å². The number of aliphatic hydroxyl groups excluding tert-OH is 1. The number of rotatable bonds is 4. The molecule has 3 N–H and O–H groups in total. The molecule has 0 saturated carbocycles. The third kappa shape index (κ3) is 3.03. The summed E-state index contributed by atoms with van der Waals surface area (Å²) in [6, 6.07) is 23.1. The van der Waals surface area contributed by atoms with Crippen LogP contribution in [-0.4, -0.2) is 21.2 Å². The van der Waals surface area contributed by atoms with Gasteiger partial charge in [0.25, 0.3) is 0 Å². The highest BCUT2D eigenvalue weighted by Crippen LogP contribution is 2.31. The fourth-order valence-corrected chi connectivity index (χ4v) is 3.98. The molecule has 0 aliphatic heterocycles. The standard InChI is InChI=1S/C23H21N3O/c27-22-12-18-3-1-2-4-19(18)23(22)24-13-15-5-7-16(8-6-15)17-9-10-20-21(11-17)26-14-25-20/h1-11,14,22-24,27H,12-13H2,(H,25,26)/t22-,23+/m1/s1. The molecule has 5 rings (SSSR count). The molecule has 134 valence electrons. The molecular formula is C23H21N3O. The van der Waals surface area contributed by atoms with E-state index in [2.05, 4.69) is 63.8 Å². The number of aromatic amines is 1. The van der Waals surface area contributed by atoms with E-state index in [1.54, 1.807) is 6.33 Å². The summed E-state index contributed by atoms with van der Waals surface area (Å²) in [7, 11) is 0. The number of benzene rings is 3. The van der Waals surface area contributed by atoms with E-state index in [1.165, 1.54) is 27.8 Å². The second-order valence-corrected chi connectivity index (χ2v) is 7.16. The normalized spacial score (nSPS) is 18.7. The van der Waals surface area contributed by atoms with Crippen LogP contribution in [-0.2, 0) is 13.0 Å². The summed E-state index contributed by atoms with van der Waals surface area (Å²) in [5, 5.41) is 13.9. The third-order valence-corrected chi connectivity index (χ3v) is 5.44. The number of aliphatic hydroxyl groups is 1. The molecule has 3 aromatic carbocycles. The van der Waals surface area contributed by atoms with Gasteiger partial charge in [0.1, 0.15) is 0 Å². The van der Waals surface area contributed by atoms with Crippen LogP contribution in [0.5, 0.6) is 0 Å². The van der Waals surface area contributed by atoms with Gasteiger partial charge in [-0.15, -0.1) is 0 Å².